The number of benzene rings is 1. The van der Waals surface area contributed by atoms with Gasteiger partial charge in [0.2, 0.25) is 0 Å². The van der Waals surface area contributed by atoms with E-state index in [9.17, 15) is 4.39 Å². The molecule has 2 N–H and O–H groups in total. The Kier molecular flexibility index (Phi) is 2.80. The molecule has 4 nitrogen and oxygen atoms in total. The van der Waals surface area contributed by atoms with Gasteiger partial charge in [0.1, 0.15) is 5.82 Å². The number of anilines is 1. The van der Waals surface area contributed by atoms with Crippen LogP contribution in [0.15, 0.2) is 23.6 Å². The van der Waals surface area contributed by atoms with E-state index in [4.69, 9.17) is 4.84 Å². The van der Waals surface area contributed by atoms with Gasteiger partial charge in [-0.1, -0.05) is 5.59 Å². The summed E-state index contributed by atoms with van der Waals surface area (Å²) in [5.74, 6) is 1.19. The van der Waals surface area contributed by atoms with Crippen molar-refractivity contribution >= 4 is 27.1 Å². The number of fused-ring (bicyclic) bond motifs is 3. The summed E-state index contributed by atoms with van der Waals surface area (Å²) in [6, 6.07) is 5.74. The predicted octanol–water partition coefficient (Wildman–Crippen LogP) is 3.71. The van der Waals surface area contributed by atoms with Gasteiger partial charge >= 0.3 is 0 Å². The lowest BCUT2D eigenvalue weighted by atomic mass is 9.66. The topological polar surface area (TPSA) is 36.5 Å². The average Bonchev–Trinajstić information content (AvgIpc) is 3.13. The highest BCUT2D eigenvalue weighted by Crippen LogP contribution is 2.49. The van der Waals surface area contributed by atoms with E-state index in [1.807, 2.05) is 23.3 Å². The number of nitrogens with one attached hydrogen (secondary N) is 2. The summed E-state index contributed by atoms with van der Waals surface area (Å²) in [5, 5.41) is 4.08. The minimum absolute atomic E-state index is 0.147. The second kappa shape index (κ2) is 4.64. The van der Waals surface area contributed by atoms with E-state index < -0.39 is 0 Å². The zero-order valence-electron chi connectivity index (χ0n) is 12.1. The molecule has 4 aliphatic rings. The lowest BCUT2D eigenvalue weighted by molar-refractivity contribution is -0.153. The van der Waals surface area contributed by atoms with E-state index in [0.29, 0.717) is 11.3 Å². The van der Waals surface area contributed by atoms with Crippen molar-refractivity contribution in [2.24, 2.45) is 11.8 Å². The van der Waals surface area contributed by atoms with Crippen LogP contribution >= 0.6 is 11.3 Å². The lowest BCUT2D eigenvalue weighted by Gasteiger charge is -2.47. The van der Waals surface area contributed by atoms with Crippen molar-refractivity contribution in [1.82, 2.24) is 11.0 Å². The van der Waals surface area contributed by atoms with Crippen LogP contribution in [0.25, 0.3) is 10.1 Å². The van der Waals surface area contributed by atoms with Gasteiger partial charge in [-0.2, -0.15) is 5.43 Å². The van der Waals surface area contributed by atoms with Crippen molar-refractivity contribution in [1.29, 1.82) is 0 Å². The third-order valence-electron chi connectivity index (χ3n) is 5.49. The molecule has 22 heavy (non-hydrogen) atoms. The number of hydrogen-bond donors (Lipinski definition) is 2. The second-order valence-corrected chi connectivity index (χ2v) is 7.63. The third kappa shape index (κ3) is 1.84. The van der Waals surface area contributed by atoms with Gasteiger partial charge in [0.05, 0.1) is 5.69 Å². The molecule has 1 saturated heterocycles. The minimum atomic E-state index is -0.267. The molecule has 1 atom stereocenters. The summed E-state index contributed by atoms with van der Waals surface area (Å²) >= 11 is 1.43. The molecular formula is C16H18FN3OS. The van der Waals surface area contributed by atoms with Crippen molar-refractivity contribution in [3.63, 3.8) is 0 Å². The van der Waals surface area contributed by atoms with Crippen LogP contribution in [0.2, 0.25) is 0 Å². The molecule has 6 heteroatoms. The average molecular weight is 319 g/mol. The Balaban J connectivity index is 1.44. The first-order valence-corrected chi connectivity index (χ1v) is 8.80. The van der Waals surface area contributed by atoms with Crippen LogP contribution in [0.3, 0.4) is 0 Å². The third-order valence-corrected chi connectivity index (χ3v) is 6.40. The quantitative estimate of drug-likeness (QED) is 0.840. The van der Waals surface area contributed by atoms with Gasteiger partial charge in [-0.25, -0.2) is 9.51 Å². The maximum atomic E-state index is 13.6. The Morgan fingerprint density at radius 2 is 2.14 bits per heavy atom. The van der Waals surface area contributed by atoms with Gasteiger partial charge in [-0.3, -0.25) is 4.84 Å². The Morgan fingerprint density at radius 1 is 1.27 bits per heavy atom. The maximum absolute atomic E-state index is 13.6. The standard InChI is InChI=1S/C16H18FN3OS/c17-14-9-22-15-7-12(5-6-13(14)15)20-18-16(21-19-20)8-10-1-3-11(16)4-2-10/h5-7,9-11,18-19H,1-4,8H2/t10?,11?,16-/m0/s1. The highest BCUT2D eigenvalue weighted by molar-refractivity contribution is 7.17. The van der Waals surface area contributed by atoms with Crippen LogP contribution in [0.1, 0.15) is 32.1 Å². The summed E-state index contributed by atoms with van der Waals surface area (Å²) in [4.78, 5) is 5.99. The van der Waals surface area contributed by atoms with E-state index in [-0.39, 0.29) is 11.5 Å². The van der Waals surface area contributed by atoms with E-state index >= 15 is 0 Å². The summed E-state index contributed by atoms with van der Waals surface area (Å²) in [7, 11) is 0. The molecule has 1 aromatic carbocycles. The second-order valence-electron chi connectivity index (χ2n) is 6.72. The molecule has 0 radical (unpaired) electrons. The van der Waals surface area contributed by atoms with Gasteiger partial charge in [0.25, 0.3) is 0 Å². The predicted molar refractivity (Wildman–Crippen MR) is 84.4 cm³/mol. The number of hydrogen-bond acceptors (Lipinski definition) is 5. The molecule has 3 saturated carbocycles. The summed E-state index contributed by atoms with van der Waals surface area (Å²) in [6.45, 7) is 0. The van der Waals surface area contributed by atoms with Crippen molar-refractivity contribution in [2.45, 2.75) is 37.8 Å². The molecule has 6 rings (SSSR count). The van der Waals surface area contributed by atoms with E-state index in [1.54, 1.807) is 5.38 Å². The Hall–Kier alpha value is -1.21. The fourth-order valence-electron chi connectivity index (χ4n) is 4.29. The largest absolute Gasteiger partial charge is 0.257 e. The van der Waals surface area contributed by atoms with Gasteiger partial charge in [0.15, 0.2) is 5.72 Å². The number of nitrogens with zero attached hydrogens (tertiary/aromatic N) is 1. The fraction of sp³-hybridized carbons (Fsp3) is 0.500. The van der Waals surface area contributed by atoms with Crippen LogP contribution in [0.4, 0.5) is 10.1 Å². The lowest BCUT2D eigenvalue weighted by Crippen LogP contribution is -2.57. The Bertz CT molecular complexity index is 727. The highest BCUT2D eigenvalue weighted by Gasteiger charge is 2.53. The first kappa shape index (κ1) is 13.2. The molecule has 0 amide bonds. The van der Waals surface area contributed by atoms with Gasteiger partial charge in [0, 0.05) is 21.4 Å². The molecule has 4 fully saturated rings. The number of hydrazine groups is 2. The zero-order valence-corrected chi connectivity index (χ0v) is 13.0. The number of halogens is 1. The fourth-order valence-corrected chi connectivity index (χ4v) is 5.13. The number of rotatable bonds is 1. The van der Waals surface area contributed by atoms with Crippen molar-refractivity contribution in [2.75, 3.05) is 5.12 Å². The SMILES string of the molecule is Fc1csc2cc(N3NO[C@]4(CC5CCC4CC5)N3)ccc12. The molecule has 1 spiro atoms. The summed E-state index contributed by atoms with van der Waals surface area (Å²) in [6.07, 6.45) is 6.21. The normalized spacial score (nSPS) is 34.1. The molecule has 2 aromatic rings. The first-order chi connectivity index (χ1) is 10.7. The molecule has 3 aliphatic carbocycles. The maximum Gasteiger partial charge on any atom is 0.163 e. The van der Waals surface area contributed by atoms with Crippen LogP contribution in [-0.2, 0) is 4.84 Å². The van der Waals surface area contributed by atoms with E-state index in [1.165, 1.54) is 37.0 Å². The van der Waals surface area contributed by atoms with Gasteiger partial charge in [-0.05, 0) is 56.2 Å². The van der Waals surface area contributed by atoms with Crippen LogP contribution < -0.4 is 16.1 Å². The van der Waals surface area contributed by atoms with Crippen molar-refractivity contribution in [3.8, 4) is 0 Å². The summed E-state index contributed by atoms with van der Waals surface area (Å²) < 4.78 is 14.5. The molecule has 2 heterocycles. The van der Waals surface area contributed by atoms with Crippen LogP contribution in [0, 0.1) is 17.7 Å². The number of thiophene rings is 1. The van der Waals surface area contributed by atoms with Gasteiger partial charge < -0.3 is 0 Å². The first-order valence-electron chi connectivity index (χ1n) is 7.92. The Labute approximate surface area is 132 Å². The zero-order chi connectivity index (χ0) is 14.7. The molecule has 2 bridgehead atoms. The van der Waals surface area contributed by atoms with Crippen LogP contribution in [0.5, 0.6) is 0 Å². The van der Waals surface area contributed by atoms with E-state index in [2.05, 4.69) is 11.0 Å². The smallest absolute Gasteiger partial charge is 0.163 e. The monoisotopic (exact) mass is 319 g/mol. The van der Waals surface area contributed by atoms with Crippen molar-refractivity contribution < 1.29 is 9.23 Å². The molecule has 1 aliphatic heterocycles. The molecule has 0 unspecified atom stereocenters. The Morgan fingerprint density at radius 3 is 2.91 bits per heavy atom. The highest BCUT2D eigenvalue weighted by atomic mass is 32.1. The molecule has 1 aromatic heterocycles. The van der Waals surface area contributed by atoms with Gasteiger partial charge in [-0.15, -0.1) is 11.3 Å². The molecular weight excluding hydrogens is 301 g/mol. The minimum Gasteiger partial charge on any atom is -0.257 e. The molecule has 116 valence electrons. The van der Waals surface area contributed by atoms with Crippen LogP contribution in [-0.4, -0.2) is 5.72 Å². The van der Waals surface area contributed by atoms with Crippen molar-refractivity contribution in [3.05, 3.63) is 29.4 Å². The summed E-state index contributed by atoms with van der Waals surface area (Å²) in [5.41, 5.74) is 7.24. The van der Waals surface area contributed by atoms with E-state index in [0.717, 1.165) is 22.7 Å².